The SMILES string of the molecule is CCCC[C@@H](CO)Nc1nc(N)ncc1OCc1cccnn1.S. The molecule has 0 saturated carbocycles. The van der Waals surface area contributed by atoms with Crippen LogP contribution in [-0.2, 0) is 6.61 Å². The van der Waals surface area contributed by atoms with Crippen molar-refractivity contribution >= 4 is 25.3 Å². The molecule has 0 aliphatic heterocycles. The van der Waals surface area contributed by atoms with Crippen LogP contribution in [0.2, 0.25) is 0 Å². The molecule has 2 aromatic heterocycles. The standard InChI is InChI=1S/C15H22N6O2.H2S/c1-2-3-5-11(9-22)19-14-13(8-17-15(16)20-14)23-10-12-6-4-7-18-21-12;/h4,6-8,11,22H,2-3,5,9-10H2,1H3,(H3,16,17,19,20);1H2/t11-;/m0./s1. The minimum Gasteiger partial charge on any atom is -0.482 e. The lowest BCUT2D eigenvalue weighted by atomic mass is 10.1. The second-order valence-electron chi connectivity index (χ2n) is 5.11. The number of nitrogen functional groups attached to an aromatic ring is 1. The van der Waals surface area contributed by atoms with Gasteiger partial charge in [-0.15, -0.1) is 0 Å². The van der Waals surface area contributed by atoms with E-state index in [0.717, 1.165) is 19.3 Å². The molecule has 0 aliphatic carbocycles. The van der Waals surface area contributed by atoms with E-state index in [0.29, 0.717) is 17.3 Å². The largest absolute Gasteiger partial charge is 0.482 e. The van der Waals surface area contributed by atoms with Crippen molar-refractivity contribution in [3.8, 4) is 5.75 Å². The Morgan fingerprint density at radius 2 is 2.25 bits per heavy atom. The summed E-state index contributed by atoms with van der Waals surface area (Å²) >= 11 is 0. The number of nitrogens with zero attached hydrogens (tertiary/aromatic N) is 4. The summed E-state index contributed by atoms with van der Waals surface area (Å²) in [4.78, 5) is 8.12. The maximum Gasteiger partial charge on any atom is 0.222 e. The van der Waals surface area contributed by atoms with Crippen LogP contribution in [0.15, 0.2) is 24.5 Å². The summed E-state index contributed by atoms with van der Waals surface area (Å²) in [5, 5.41) is 20.4. The van der Waals surface area contributed by atoms with Crippen molar-refractivity contribution in [3.05, 3.63) is 30.2 Å². The van der Waals surface area contributed by atoms with Crippen molar-refractivity contribution in [2.75, 3.05) is 17.7 Å². The normalized spacial score (nSPS) is 11.4. The molecule has 0 bridgehead atoms. The zero-order valence-electron chi connectivity index (χ0n) is 13.6. The monoisotopic (exact) mass is 352 g/mol. The first-order chi connectivity index (χ1) is 11.2. The van der Waals surface area contributed by atoms with Gasteiger partial charge in [0.25, 0.3) is 0 Å². The van der Waals surface area contributed by atoms with Gasteiger partial charge in [0.2, 0.25) is 5.95 Å². The van der Waals surface area contributed by atoms with Crippen LogP contribution in [0.3, 0.4) is 0 Å². The average molecular weight is 352 g/mol. The molecule has 0 fully saturated rings. The number of nitrogens with two attached hydrogens (primary N) is 1. The van der Waals surface area contributed by atoms with Gasteiger partial charge in [-0.1, -0.05) is 19.8 Å². The van der Waals surface area contributed by atoms with Crippen LogP contribution in [0.4, 0.5) is 11.8 Å². The maximum atomic E-state index is 9.49. The van der Waals surface area contributed by atoms with E-state index in [1.807, 2.05) is 6.07 Å². The molecule has 1 atom stereocenters. The Morgan fingerprint density at radius 3 is 2.92 bits per heavy atom. The smallest absolute Gasteiger partial charge is 0.222 e. The van der Waals surface area contributed by atoms with E-state index in [9.17, 15) is 5.11 Å². The summed E-state index contributed by atoms with van der Waals surface area (Å²) in [6, 6.07) is 3.50. The average Bonchev–Trinajstić information content (AvgIpc) is 2.58. The molecule has 9 heteroatoms. The van der Waals surface area contributed by atoms with Crippen LogP contribution in [0.25, 0.3) is 0 Å². The number of aliphatic hydroxyl groups excluding tert-OH is 1. The van der Waals surface area contributed by atoms with Crippen molar-refractivity contribution in [1.29, 1.82) is 0 Å². The molecule has 0 unspecified atom stereocenters. The molecule has 24 heavy (non-hydrogen) atoms. The molecular formula is C15H24N6O2S. The highest BCUT2D eigenvalue weighted by atomic mass is 32.1. The fourth-order valence-electron chi connectivity index (χ4n) is 2.01. The van der Waals surface area contributed by atoms with Gasteiger partial charge in [0.15, 0.2) is 11.6 Å². The Morgan fingerprint density at radius 1 is 1.42 bits per heavy atom. The van der Waals surface area contributed by atoms with E-state index in [4.69, 9.17) is 10.5 Å². The Hall–Kier alpha value is -2.13. The van der Waals surface area contributed by atoms with Crippen LogP contribution in [0.1, 0.15) is 31.9 Å². The minimum atomic E-state index is -0.108. The highest BCUT2D eigenvalue weighted by molar-refractivity contribution is 7.59. The summed E-state index contributed by atoms with van der Waals surface area (Å²) in [5.74, 6) is 1.07. The molecule has 0 spiro atoms. The van der Waals surface area contributed by atoms with Crippen molar-refractivity contribution in [1.82, 2.24) is 20.2 Å². The van der Waals surface area contributed by atoms with E-state index in [-0.39, 0.29) is 38.7 Å². The number of ether oxygens (including phenoxy) is 1. The highest BCUT2D eigenvalue weighted by Crippen LogP contribution is 2.24. The minimum absolute atomic E-state index is 0. The van der Waals surface area contributed by atoms with Gasteiger partial charge in [-0.2, -0.15) is 28.7 Å². The Balaban J connectivity index is 0.00000288. The van der Waals surface area contributed by atoms with Crippen molar-refractivity contribution < 1.29 is 9.84 Å². The zero-order valence-corrected chi connectivity index (χ0v) is 14.6. The van der Waals surface area contributed by atoms with Crippen LogP contribution < -0.4 is 15.8 Å². The van der Waals surface area contributed by atoms with Gasteiger partial charge >= 0.3 is 0 Å². The summed E-state index contributed by atoms with van der Waals surface area (Å²) in [6.45, 7) is 2.36. The lowest BCUT2D eigenvalue weighted by molar-refractivity contribution is 0.265. The predicted molar refractivity (Wildman–Crippen MR) is 97.2 cm³/mol. The first-order valence-electron chi connectivity index (χ1n) is 7.62. The summed E-state index contributed by atoms with van der Waals surface area (Å²) in [7, 11) is 0. The fraction of sp³-hybridized carbons (Fsp3) is 0.467. The summed E-state index contributed by atoms with van der Waals surface area (Å²) in [5.41, 5.74) is 6.34. The van der Waals surface area contributed by atoms with Gasteiger partial charge < -0.3 is 20.9 Å². The number of unbranched alkanes of at least 4 members (excludes halogenated alkanes) is 1. The van der Waals surface area contributed by atoms with Crippen LogP contribution in [0, 0.1) is 0 Å². The van der Waals surface area contributed by atoms with Crippen LogP contribution in [-0.4, -0.2) is 37.9 Å². The fourth-order valence-corrected chi connectivity index (χ4v) is 2.01. The number of aromatic nitrogens is 4. The number of anilines is 2. The topological polar surface area (TPSA) is 119 Å². The Labute approximate surface area is 148 Å². The highest BCUT2D eigenvalue weighted by Gasteiger charge is 2.13. The third-order valence-corrected chi connectivity index (χ3v) is 3.24. The molecule has 0 amide bonds. The third-order valence-electron chi connectivity index (χ3n) is 3.24. The van der Waals surface area contributed by atoms with Crippen LogP contribution >= 0.6 is 13.5 Å². The summed E-state index contributed by atoms with van der Waals surface area (Å²) in [6.07, 6.45) is 6.01. The van der Waals surface area contributed by atoms with Gasteiger partial charge in [0, 0.05) is 6.20 Å². The molecule has 132 valence electrons. The zero-order chi connectivity index (χ0) is 16.5. The molecule has 2 rings (SSSR count). The van der Waals surface area contributed by atoms with E-state index >= 15 is 0 Å². The number of nitrogens with one attached hydrogen (secondary N) is 1. The molecule has 0 saturated heterocycles. The van der Waals surface area contributed by atoms with Gasteiger partial charge in [-0.25, -0.2) is 4.98 Å². The number of hydrogen-bond donors (Lipinski definition) is 3. The molecule has 2 heterocycles. The second kappa shape index (κ2) is 10.6. The quantitative estimate of drug-likeness (QED) is 0.621. The number of aliphatic hydroxyl groups is 1. The van der Waals surface area contributed by atoms with E-state index < -0.39 is 0 Å². The van der Waals surface area contributed by atoms with E-state index in [1.165, 1.54) is 6.20 Å². The van der Waals surface area contributed by atoms with Gasteiger partial charge in [-0.3, -0.25) is 0 Å². The van der Waals surface area contributed by atoms with Gasteiger partial charge in [-0.05, 0) is 18.6 Å². The van der Waals surface area contributed by atoms with E-state index in [1.54, 1.807) is 12.3 Å². The molecule has 0 aromatic carbocycles. The number of rotatable bonds is 9. The molecule has 2 aromatic rings. The predicted octanol–water partition coefficient (Wildman–Crippen LogP) is 1.50. The van der Waals surface area contributed by atoms with Gasteiger partial charge in [0.1, 0.15) is 12.3 Å². The Bertz CT molecular complexity index is 602. The van der Waals surface area contributed by atoms with Crippen molar-refractivity contribution in [2.24, 2.45) is 0 Å². The molecule has 8 nitrogen and oxygen atoms in total. The Kier molecular flexibility index (Phi) is 8.80. The lowest BCUT2D eigenvalue weighted by Crippen LogP contribution is -2.25. The lowest BCUT2D eigenvalue weighted by Gasteiger charge is -2.18. The first kappa shape index (κ1) is 19.9. The first-order valence-corrected chi connectivity index (χ1v) is 7.62. The maximum absolute atomic E-state index is 9.49. The molecule has 0 radical (unpaired) electrons. The van der Waals surface area contributed by atoms with E-state index in [2.05, 4.69) is 32.4 Å². The molecule has 0 aliphatic rings. The van der Waals surface area contributed by atoms with Crippen molar-refractivity contribution in [2.45, 2.75) is 38.8 Å². The van der Waals surface area contributed by atoms with Crippen molar-refractivity contribution in [3.63, 3.8) is 0 Å². The number of hydrogen-bond acceptors (Lipinski definition) is 8. The molecular weight excluding hydrogens is 328 g/mol. The second-order valence-corrected chi connectivity index (χ2v) is 5.11. The molecule has 4 N–H and O–H groups in total. The van der Waals surface area contributed by atoms with Crippen LogP contribution in [0.5, 0.6) is 5.75 Å². The van der Waals surface area contributed by atoms with Gasteiger partial charge in [0.05, 0.1) is 18.8 Å². The summed E-state index contributed by atoms with van der Waals surface area (Å²) < 4.78 is 5.70. The third kappa shape index (κ3) is 6.17.